The van der Waals surface area contributed by atoms with Gasteiger partial charge >= 0.3 is 0 Å². The molecule has 6 heteroatoms. The highest BCUT2D eigenvalue weighted by molar-refractivity contribution is 5.43. The van der Waals surface area contributed by atoms with Crippen molar-refractivity contribution in [1.29, 1.82) is 0 Å². The third-order valence-electron chi connectivity index (χ3n) is 1.35. The molecule has 0 radical (unpaired) electrons. The van der Waals surface area contributed by atoms with E-state index in [4.69, 9.17) is 10.8 Å². The second kappa shape index (κ2) is 2.80. The Morgan fingerprint density at radius 2 is 2.17 bits per heavy atom. The first kappa shape index (κ1) is 8.51. The number of pyridine rings is 1. The van der Waals surface area contributed by atoms with Crippen LogP contribution in [0, 0.1) is 0 Å². The van der Waals surface area contributed by atoms with E-state index >= 15 is 0 Å². The minimum absolute atomic E-state index is 0.423. The lowest BCUT2D eigenvalue weighted by molar-refractivity contribution is 0.150. The van der Waals surface area contributed by atoms with Gasteiger partial charge in [-0.2, -0.15) is 0 Å². The molecule has 0 aliphatic rings. The number of aromatic nitrogens is 1. The average molecular weight is 176 g/mol. The Hall–Kier alpha value is -1.59. The summed E-state index contributed by atoms with van der Waals surface area (Å²) < 4.78 is 24.1. The predicted molar refractivity (Wildman–Crippen MR) is 38.1 cm³/mol. The zero-order valence-electron chi connectivity index (χ0n) is 5.84. The minimum Gasteiger partial charge on any atom is -0.503 e. The number of nitrogen functional groups attached to an aromatic ring is 1. The maximum Gasteiger partial charge on any atom is 0.271 e. The van der Waals surface area contributed by atoms with E-state index < -0.39 is 29.0 Å². The summed E-state index contributed by atoms with van der Waals surface area (Å²) in [6.45, 7) is 0. The zero-order valence-corrected chi connectivity index (χ0v) is 5.84. The number of halogens is 2. The third kappa shape index (κ3) is 1.23. The molecule has 4 N–H and O–H groups in total. The van der Waals surface area contributed by atoms with E-state index in [1.165, 1.54) is 0 Å². The molecule has 0 aliphatic carbocycles. The Morgan fingerprint density at radius 3 is 2.58 bits per heavy atom. The molecule has 1 aromatic rings. The number of H-pyrrole nitrogens is 1. The maximum absolute atomic E-state index is 12.1. The highest BCUT2D eigenvalue weighted by Gasteiger charge is 2.18. The van der Waals surface area contributed by atoms with Crippen molar-refractivity contribution in [2.45, 2.75) is 6.43 Å². The molecule has 12 heavy (non-hydrogen) atoms. The van der Waals surface area contributed by atoms with Gasteiger partial charge in [-0.3, -0.25) is 4.79 Å². The SMILES string of the molecule is Nc1[nH]cc(O)c(=O)c1C(F)F. The van der Waals surface area contributed by atoms with E-state index in [1.54, 1.807) is 0 Å². The van der Waals surface area contributed by atoms with Crippen molar-refractivity contribution in [3.05, 3.63) is 22.0 Å². The molecule has 0 saturated carbocycles. The highest BCUT2D eigenvalue weighted by Crippen LogP contribution is 2.20. The molecule has 1 heterocycles. The lowest BCUT2D eigenvalue weighted by Gasteiger charge is -2.02. The number of hydrogen-bond donors (Lipinski definition) is 3. The molecule has 0 atom stereocenters. The van der Waals surface area contributed by atoms with Crippen LogP contribution >= 0.6 is 0 Å². The van der Waals surface area contributed by atoms with Gasteiger partial charge in [-0.05, 0) is 0 Å². The third-order valence-corrected chi connectivity index (χ3v) is 1.35. The molecule has 0 aromatic carbocycles. The monoisotopic (exact) mass is 176 g/mol. The fourth-order valence-corrected chi connectivity index (χ4v) is 0.766. The Kier molecular flexibility index (Phi) is 1.99. The van der Waals surface area contributed by atoms with E-state index in [0.717, 1.165) is 6.20 Å². The summed E-state index contributed by atoms with van der Waals surface area (Å²) in [6, 6.07) is 0. The van der Waals surface area contributed by atoms with Gasteiger partial charge in [-0.25, -0.2) is 8.78 Å². The van der Waals surface area contributed by atoms with Gasteiger partial charge < -0.3 is 15.8 Å². The van der Waals surface area contributed by atoms with E-state index in [2.05, 4.69) is 4.98 Å². The second-order valence-electron chi connectivity index (χ2n) is 2.13. The van der Waals surface area contributed by atoms with Gasteiger partial charge in [0, 0.05) is 6.20 Å². The van der Waals surface area contributed by atoms with Crippen molar-refractivity contribution < 1.29 is 13.9 Å². The average Bonchev–Trinajstić information content (AvgIpc) is 1.97. The first-order valence-corrected chi connectivity index (χ1v) is 3.02. The minimum atomic E-state index is -2.99. The van der Waals surface area contributed by atoms with E-state index in [9.17, 15) is 13.6 Å². The quantitative estimate of drug-likeness (QED) is 0.586. The maximum atomic E-state index is 12.1. The van der Waals surface area contributed by atoms with Crippen molar-refractivity contribution in [2.75, 3.05) is 5.73 Å². The Labute approximate surface area is 65.6 Å². The van der Waals surface area contributed by atoms with Crippen LogP contribution in [0.25, 0.3) is 0 Å². The highest BCUT2D eigenvalue weighted by atomic mass is 19.3. The number of alkyl halides is 2. The van der Waals surface area contributed by atoms with Crippen LogP contribution in [0.3, 0.4) is 0 Å². The van der Waals surface area contributed by atoms with Gasteiger partial charge in [-0.15, -0.1) is 0 Å². The van der Waals surface area contributed by atoms with Crippen LogP contribution in [0.2, 0.25) is 0 Å². The van der Waals surface area contributed by atoms with Gasteiger partial charge in [-0.1, -0.05) is 0 Å². The van der Waals surface area contributed by atoms with Crippen molar-refractivity contribution in [2.24, 2.45) is 0 Å². The summed E-state index contributed by atoms with van der Waals surface area (Å²) >= 11 is 0. The predicted octanol–water partition coefficient (Wildman–Crippen LogP) is 0.600. The summed E-state index contributed by atoms with van der Waals surface area (Å²) in [4.78, 5) is 12.9. The van der Waals surface area contributed by atoms with Crippen LogP contribution in [0.15, 0.2) is 11.0 Å². The second-order valence-corrected chi connectivity index (χ2v) is 2.13. The van der Waals surface area contributed by atoms with Gasteiger partial charge in [0.2, 0.25) is 5.43 Å². The number of aromatic amines is 1. The number of nitrogens with one attached hydrogen (secondary N) is 1. The van der Waals surface area contributed by atoms with Crippen LogP contribution in [0.5, 0.6) is 5.75 Å². The smallest absolute Gasteiger partial charge is 0.271 e. The lowest BCUT2D eigenvalue weighted by Crippen LogP contribution is -2.13. The van der Waals surface area contributed by atoms with E-state index in [-0.39, 0.29) is 0 Å². The van der Waals surface area contributed by atoms with Crippen molar-refractivity contribution in [3.8, 4) is 5.75 Å². The summed E-state index contributed by atoms with van der Waals surface area (Å²) in [6.07, 6.45) is -2.12. The molecular formula is C6H6F2N2O2. The zero-order chi connectivity index (χ0) is 9.30. The number of rotatable bonds is 1. The molecule has 1 rings (SSSR count). The molecule has 4 nitrogen and oxygen atoms in total. The molecule has 0 saturated heterocycles. The number of aromatic hydroxyl groups is 1. The fourth-order valence-electron chi connectivity index (χ4n) is 0.766. The molecule has 0 aliphatic heterocycles. The molecule has 1 aromatic heterocycles. The molecule has 0 spiro atoms. The van der Waals surface area contributed by atoms with Crippen LogP contribution < -0.4 is 11.2 Å². The number of anilines is 1. The Balaban J connectivity index is 3.44. The summed E-state index contributed by atoms with van der Waals surface area (Å²) in [5.41, 5.74) is 3.01. The molecule has 0 bridgehead atoms. The van der Waals surface area contributed by atoms with Crippen LogP contribution in [-0.4, -0.2) is 10.1 Å². The lowest BCUT2D eigenvalue weighted by atomic mass is 10.2. The molecular weight excluding hydrogens is 170 g/mol. The Morgan fingerprint density at radius 1 is 1.58 bits per heavy atom. The number of hydrogen-bond acceptors (Lipinski definition) is 3. The fraction of sp³-hybridized carbons (Fsp3) is 0.167. The topological polar surface area (TPSA) is 79.1 Å². The van der Waals surface area contributed by atoms with Gasteiger partial charge in [0.15, 0.2) is 5.75 Å². The van der Waals surface area contributed by atoms with Gasteiger partial charge in [0.1, 0.15) is 11.4 Å². The molecule has 66 valence electrons. The summed E-state index contributed by atoms with van der Waals surface area (Å²) in [7, 11) is 0. The van der Waals surface area contributed by atoms with Gasteiger partial charge in [0.25, 0.3) is 6.43 Å². The standard InChI is InChI=1S/C6H6F2N2O2/c7-5(8)3-4(12)2(11)1-10-6(3)9/h1,5,11H,(H3,9,10,12). The van der Waals surface area contributed by atoms with E-state index in [1.807, 2.05) is 0 Å². The normalized spacial score (nSPS) is 10.6. The Bertz CT molecular complexity index is 348. The first-order valence-electron chi connectivity index (χ1n) is 3.02. The van der Waals surface area contributed by atoms with Crippen LogP contribution in [-0.2, 0) is 0 Å². The largest absolute Gasteiger partial charge is 0.503 e. The van der Waals surface area contributed by atoms with E-state index in [0.29, 0.717) is 0 Å². The molecule has 0 fully saturated rings. The summed E-state index contributed by atoms with van der Waals surface area (Å²) in [5.74, 6) is -1.19. The van der Waals surface area contributed by atoms with Crippen molar-refractivity contribution in [3.63, 3.8) is 0 Å². The molecule has 0 amide bonds. The van der Waals surface area contributed by atoms with Gasteiger partial charge in [0.05, 0.1) is 0 Å². The van der Waals surface area contributed by atoms with Crippen LogP contribution in [0.4, 0.5) is 14.6 Å². The van der Waals surface area contributed by atoms with Crippen molar-refractivity contribution >= 4 is 5.82 Å². The number of nitrogens with two attached hydrogens (primary N) is 1. The first-order chi connectivity index (χ1) is 5.54. The van der Waals surface area contributed by atoms with Crippen LogP contribution in [0.1, 0.15) is 12.0 Å². The molecule has 0 unspecified atom stereocenters. The summed E-state index contributed by atoms with van der Waals surface area (Å²) in [5, 5.41) is 8.74. The van der Waals surface area contributed by atoms with Crippen molar-refractivity contribution in [1.82, 2.24) is 4.98 Å².